The Bertz CT molecular complexity index is 1540. The van der Waals surface area contributed by atoms with Crippen LogP contribution in [0.25, 0.3) is 0 Å². The lowest BCUT2D eigenvalue weighted by molar-refractivity contribution is -0.141. The molecule has 1 aliphatic heterocycles. The number of alkyl carbamates (subject to hydrolysis) is 1. The monoisotopic (exact) mass is 675 g/mol. The van der Waals surface area contributed by atoms with Crippen LogP contribution in [-0.2, 0) is 31.2 Å². The fourth-order valence-electron chi connectivity index (χ4n) is 9.15. The molecule has 1 aromatic carbocycles. The van der Waals surface area contributed by atoms with Crippen LogP contribution >= 0.6 is 0 Å². The Kier molecular flexibility index (Phi) is 9.68. The molecule has 12 nitrogen and oxygen atoms in total. The summed E-state index contributed by atoms with van der Waals surface area (Å²) in [6, 6.07) is 9.30. The molecule has 264 valence electrons. The molecule has 12 heteroatoms. The molecule has 5 aliphatic rings. The highest BCUT2D eigenvalue weighted by Gasteiger charge is 2.58. The van der Waals surface area contributed by atoms with Gasteiger partial charge in [-0.25, -0.2) is 19.3 Å². The number of hydrogen-bond acceptors (Lipinski definition) is 7. The van der Waals surface area contributed by atoms with Gasteiger partial charge in [0.05, 0.1) is 6.61 Å². The summed E-state index contributed by atoms with van der Waals surface area (Å²) in [4.78, 5) is 74.0. The predicted octanol–water partition coefficient (Wildman–Crippen LogP) is 4.93. The van der Waals surface area contributed by atoms with Gasteiger partial charge in [0, 0.05) is 32.3 Å². The van der Waals surface area contributed by atoms with Gasteiger partial charge in [0.1, 0.15) is 17.6 Å². The zero-order chi connectivity index (χ0) is 34.9. The molecule has 4 aliphatic carbocycles. The van der Waals surface area contributed by atoms with E-state index in [1.165, 1.54) is 24.2 Å². The number of carbonyl (C=O) groups is 5. The highest BCUT2D eigenvalue weighted by atomic mass is 16.5. The Balaban J connectivity index is 0.00000486. The highest BCUT2D eigenvalue weighted by Crippen LogP contribution is 2.60. The smallest absolute Gasteiger partial charge is 0.407 e. The van der Waals surface area contributed by atoms with Gasteiger partial charge >= 0.3 is 18.1 Å². The van der Waals surface area contributed by atoms with Gasteiger partial charge in [-0.1, -0.05) is 44.2 Å². The van der Waals surface area contributed by atoms with Crippen LogP contribution in [0.3, 0.4) is 0 Å². The number of pyridine rings is 1. The van der Waals surface area contributed by atoms with Crippen LogP contribution in [-0.4, -0.2) is 75.0 Å². The third kappa shape index (κ3) is 7.00. The summed E-state index contributed by atoms with van der Waals surface area (Å²) in [5, 5.41) is 14.9. The van der Waals surface area contributed by atoms with Crippen molar-refractivity contribution in [3.63, 3.8) is 0 Å². The Morgan fingerprint density at radius 3 is 2.18 bits per heavy atom. The number of nitrogens with zero attached hydrogens (tertiary/aromatic N) is 3. The Morgan fingerprint density at radius 1 is 1.00 bits per heavy atom. The van der Waals surface area contributed by atoms with Crippen LogP contribution in [0, 0.1) is 29.1 Å². The molecule has 2 aromatic rings. The van der Waals surface area contributed by atoms with Crippen molar-refractivity contribution in [2.75, 3.05) is 13.2 Å². The molecule has 0 radical (unpaired) electrons. The molecule has 2 unspecified atom stereocenters. The Hall–Kier alpha value is -4.48. The topological polar surface area (TPSA) is 158 Å². The Labute approximate surface area is 288 Å². The predicted molar refractivity (Wildman–Crippen MR) is 181 cm³/mol. The minimum atomic E-state index is -1.48. The molecule has 5 fully saturated rings. The Morgan fingerprint density at radius 2 is 1.61 bits per heavy atom. The van der Waals surface area contributed by atoms with E-state index in [1.807, 2.05) is 44.2 Å². The van der Waals surface area contributed by atoms with E-state index >= 15 is 0 Å². The quantitative estimate of drug-likeness (QED) is 0.252. The van der Waals surface area contributed by atoms with Gasteiger partial charge in [-0.05, 0) is 98.8 Å². The van der Waals surface area contributed by atoms with Gasteiger partial charge in [0.25, 0.3) is 5.91 Å². The first-order chi connectivity index (χ1) is 23.4. The van der Waals surface area contributed by atoms with Crippen LogP contribution in [0.15, 0.2) is 54.9 Å². The number of carbonyl (C=O) groups excluding carboxylic acids is 4. The van der Waals surface area contributed by atoms with E-state index < -0.39 is 54.1 Å². The molecule has 7 rings (SSSR count). The van der Waals surface area contributed by atoms with Crippen molar-refractivity contribution in [1.29, 1.82) is 0 Å². The van der Waals surface area contributed by atoms with Gasteiger partial charge in [0.2, 0.25) is 5.91 Å². The van der Waals surface area contributed by atoms with Crippen molar-refractivity contribution in [2.45, 2.75) is 89.9 Å². The van der Waals surface area contributed by atoms with Gasteiger partial charge in [0.15, 0.2) is 0 Å². The normalized spacial score (nSPS) is 28.4. The average Bonchev–Trinajstić information content (AvgIpc) is 3.25. The number of aromatic nitrogens is 1. The number of rotatable bonds is 13. The highest BCUT2D eigenvalue weighted by molar-refractivity contribution is 6.10. The number of amides is 5. The van der Waals surface area contributed by atoms with E-state index in [0.29, 0.717) is 23.3 Å². The van der Waals surface area contributed by atoms with Crippen molar-refractivity contribution >= 4 is 29.9 Å². The van der Waals surface area contributed by atoms with Gasteiger partial charge in [-0.3, -0.25) is 14.6 Å². The fraction of sp³-hybridized carbons (Fsp3) is 0.568. The number of nitrogens with one attached hydrogen (secondary N) is 2. The number of imide groups is 1. The second-order valence-electron chi connectivity index (χ2n) is 15.3. The third-order valence-corrected chi connectivity index (χ3v) is 11.1. The summed E-state index contributed by atoms with van der Waals surface area (Å²) in [5.74, 6) is -0.659. The lowest BCUT2D eigenvalue weighted by atomic mass is 9.50. The first kappa shape index (κ1) is 34.4. The summed E-state index contributed by atoms with van der Waals surface area (Å²) in [7, 11) is 0. The standard InChI is InChI=1S/C37H47N5O7.H2/c1-23(2)13-30(42-33(46)36(3,28-9-11-38-12-10-28)41(35(42)48)21-24-7-5-4-6-8-24)31(43)39-20-29(32(44)45)40-34(47)49-22-37-17-25-14-26(18-37)16-27(15-25)19-37;/h4-12,23,25-27,29-30H,13-22H2,1-3H3,(H,39,43)(H,40,47)(H,44,45);1H/t25?,26?,27?,29-,30?,36?,37?;/m0./s1. The number of urea groups is 1. The van der Waals surface area contributed by atoms with E-state index in [-0.39, 0.29) is 32.3 Å². The lowest BCUT2D eigenvalue weighted by Gasteiger charge is -2.56. The number of hydrogen-bond donors (Lipinski definition) is 3. The molecule has 3 atom stereocenters. The lowest BCUT2D eigenvalue weighted by Crippen LogP contribution is -2.55. The van der Waals surface area contributed by atoms with Crippen molar-refractivity contribution in [2.24, 2.45) is 29.1 Å². The summed E-state index contributed by atoms with van der Waals surface area (Å²) in [5.41, 5.74) is -0.111. The SMILES string of the molecule is CC(C)CC(C(=O)NC[C@H](NC(=O)OCC12CC3CC(CC(C3)C1)C2)C(=O)O)N1C(=O)N(Cc2ccccc2)C(C)(c2ccncc2)C1=O.[HH]. The maximum Gasteiger partial charge on any atom is 0.407 e. The second-order valence-corrected chi connectivity index (χ2v) is 15.3. The number of aliphatic carboxylic acids is 1. The van der Waals surface area contributed by atoms with Crippen LogP contribution < -0.4 is 10.6 Å². The first-order valence-electron chi connectivity index (χ1n) is 17.4. The fourth-order valence-corrected chi connectivity index (χ4v) is 9.15. The third-order valence-electron chi connectivity index (χ3n) is 11.1. The van der Waals surface area contributed by atoms with Crippen LogP contribution in [0.1, 0.15) is 78.3 Å². The molecule has 1 aromatic heterocycles. The largest absolute Gasteiger partial charge is 0.480 e. The summed E-state index contributed by atoms with van der Waals surface area (Å²) in [6.45, 7) is 5.32. The van der Waals surface area contributed by atoms with Crippen LogP contribution in [0.5, 0.6) is 0 Å². The molecular formula is C37H49N5O7. The molecular weight excluding hydrogens is 626 g/mol. The van der Waals surface area contributed by atoms with Crippen molar-refractivity contribution in [1.82, 2.24) is 25.4 Å². The molecule has 4 bridgehead atoms. The maximum absolute atomic E-state index is 14.4. The molecule has 49 heavy (non-hydrogen) atoms. The van der Waals surface area contributed by atoms with E-state index in [9.17, 15) is 29.1 Å². The zero-order valence-corrected chi connectivity index (χ0v) is 28.5. The van der Waals surface area contributed by atoms with Gasteiger partial charge in [-0.15, -0.1) is 0 Å². The number of benzene rings is 1. The number of carboxylic acid groups (broad SMARTS) is 1. The molecule has 1 saturated heterocycles. The molecule has 3 N–H and O–H groups in total. The first-order valence-corrected chi connectivity index (χ1v) is 17.4. The van der Waals surface area contributed by atoms with Gasteiger partial charge < -0.3 is 25.4 Å². The molecule has 5 amide bonds. The molecule has 4 saturated carbocycles. The van der Waals surface area contributed by atoms with E-state index in [0.717, 1.165) is 29.7 Å². The van der Waals surface area contributed by atoms with Crippen molar-refractivity contribution in [3.05, 3.63) is 66.0 Å². The summed E-state index contributed by atoms with van der Waals surface area (Å²) >= 11 is 0. The van der Waals surface area contributed by atoms with Crippen molar-refractivity contribution < 1.29 is 35.2 Å². The summed E-state index contributed by atoms with van der Waals surface area (Å²) in [6.07, 6.45) is 9.29. The van der Waals surface area contributed by atoms with E-state index in [2.05, 4.69) is 15.6 Å². The number of carboxylic acids is 1. The zero-order valence-electron chi connectivity index (χ0n) is 28.5. The van der Waals surface area contributed by atoms with Crippen LogP contribution in [0.4, 0.5) is 9.59 Å². The minimum absolute atomic E-state index is 0. The minimum Gasteiger partial charge on any atom is -0.480 e. The van der Waals surface area contributed by atoms with E-state index in [1.54, 1.807) is 31.5 Å². The van der Waals surface area contributed by atoms with Crippen LogP contribution in [0.2, 0.25) is 0 Å². The number of ether oxygens (including phenoxy) is 1. The second kappa shape index (κ2) is 13.8. The average molecular weight is 676 g/mol. The van der Waals surface area contributed by atoms with Crippen molar-refractivity contribution in [3.8, 4) is 0 Å². The molecule has 0 spiro atoms. The van der Waals surface area contributed by atoms with E-state index in [4.69, 9.17) is 4.74 Å². The van der Waals surface area contributed by atoms with Gasteiger partial charge in [-0.2, -0.15) is 0 Å². The summed E-state index contributed by atoms with van der Waals surface area (Å²) < 4.78 is 5.62. The maximum atomic E-state index is 14.4. The molecule has 2 heterocycles.